The van der Waals surface area contributed by atoms with Gasteiger partial charge < -0.3 is 19.9 Å². The van der Waals surface area contributed by atoms with Gasteiger partial charge in [0, 0.05) is 36.4 Å². The van der Waals surface area contributed by atoms with Crippen molar-refractivity contribution in [1.29, 1.82) is 0 Å². The second-order valence-corrected chi connectivity index (χ2v) is 10.00. The number of amides is 1. The predicted octanol–water partition coefficient (Wildman–Crippen LogP) is 4.17. The molecule has 1 aromatic heterocycles. The number of benzene rings is 2. The van der Waals surface area contributed by atoms with E-state index in [1.54, 1.807) is 6.92 Å². The van der Waals surface area contributed by atoms with Crippen LogP contribution in [0.15, 0.2) is 52.4 Å². The van der Waals surface area contributed by atoms with Crippen molar-refractivity contribution in [3.63, 3.8) is 0 Å². The number of fused-ring (bicyclic) bond motifs is 1. The molecule has 1 atom stereocenters. The highest BCUT2D eigenvalue weighted by molar-refractivity contribution is 6.03. The van der Waals surface area contributed by atoms with E-state index in [-0.39, 0.29) is 23.6 Å². The molecule has 2 heterocycles. The van der Waals surface area contributed by atoms with Crippen LogP contribution in [0.5, 0.6) is 0 Å². The highest BCUT2D eigenvalue weighted by Crippen LogP contribution is 2.33. The lowest BCUT2D eigenvalue weighted by molar-refractivity contribution is 0.0846. The second kappa shape index (κ2) is 11.7. The van der Waals surface area contributed by atoms with Gasteiger partial charge in [-0.2, -0.15) is 5.10 Å². The molecule has 0 saturated carbocycles. The first-order chi connectivity index (χ1) is 17.8. The van der Waals surface area contributed by atoms with Gasteiger partial charge in [0.25, 0.3) is 11.5 Å². The van der Waals surface area contributed by atoms with Crippen molar-refractivity contribution in [1.82, 2.24) is 15.2 Å². The summed E-state index contributed by atoms with van der Waals surface area (Å²) in [5.41, 5.74) is 4.18. The van der Waals surface area contributed by atoms with Crippen molar-refractivity contribution in [3.05, 3.63) is 75.1 Å². The van der Waals surface area contributed by atoms with Crippen molar-refractivity contribution >= 4 is 29.2 Å². The van der Waals surface area contributed by atoms with Gasteiger partial charge in [0.15, 0.2) is 0 Å². The zero-order valence-electron chi connectivity index (χ0n) is 22.2. The predicted molar refractivity (Wildman–Crippen MR) is 150 cm³/mol. The van der Waals surface area contributed by atoms with Crippen molar-refractivity contribution in [2.24, 2.45) is 5.10 Å². The van der Waals surface area contributed by atoms with E-state index in [9.17, 15) is 9.59 Å². The largest absolute Gasteiger partial charge is 0.381 e. The summed E-state index contributed by atoms with van der Waals surface area (Å²) in [6, 6.07) is 13.7. The third-order valence-electron chi connectivity index (χ3n) is 7.10. The molecule has 8 nitrogen and oxygen atoms in total. The molecule has 1 amide bonds. The number of aromatic nitrogens is 1. The van der Waals surface area contributed by atoms with Crippen LogP contribution in [-0.4, -0.2) is 62.4 Å². The van der Waals surface area contributed by atoms with Gasteiger partial charge in [-0.15, -0.1) is 0 Å². The molecule has 3 aromatic rings. The Morgan fingerprint density at radius 2 is 1.89 bits per heavy atom. The van der Waals surface area contributed by atoms with E-state index in [1.807, 2.05) is 68.5 Å². The second-order valence-electron chi connectivity index (χ2n) is 10.00. The maximum absolute atomic E-state index is 13.7. The maximum atomic E-state index is 13.7. The Morgan fingerprint density at radius 1 is 1.19 bits per heavy atom. The summed E-state index contributed by atoms with van der Waals surface area (Å²) < 4.78 is 5.53. The third-order valence-corrected chi connectivity index (χ3v) is 7.10. The number of aromatic amines is 1. The molecule has 1 unspecified atom stereocenters. The number of pyridine rings is 1. The topological polar surface area (TPSA) is 90.0 Å². The van der Waals surface area contributed by atoms with Crippen molar-refractivity contribution in [2.75, 3.05) is 38.9 Å². The molecule has 8 heteroatoms. The molecular weight excluding hydrogens is 466 g/mol. The highest BCUT2D eigenvalue weighted by Gasteiger charge is 2.26. The lowest BCUT2D eigenvalue weighted by Gasteiger charge is -2.33. The number of rotatable bonds is 9. The summed E-state index contributed by atoms with van der Waals surface area (Å²) in [7, 11) is 4.06. The summed E-state index contributed by atoms with van der Waals surface area (Å²) in [6.45, 7) is 9.61. The number of hydrazone groups is 1. The normalized spacial score (nSPS) is 15.1. The third kappa shape index (κ3) is 5.92. The first-order valence-electron chi connectivity index (χ1n) is 12.8. The number of carbonyl (C=O) groups is 1. The van der Waals surface area contributed by atoms with E-state index in [1.165, 1.54) is 0 Å². The molecule has 4 rings (SSSR count). The van der Waals surface area contributed by atoms with Crippen molar-refractivity contribution in [2.45, 2.75) is 45.2 Å². The lowest BCUT2D eigenvalue weighted by Crippen LogP contribution is -2.37. The Morgan fingerprint density at radius 3 is 2.54 bits per heavy atom. The van der Waals surface area contributed by atoms with Gasteiger partial charge in [-0.1, -0.05) is 30.3 Å². The molecule has 1 aliphatic heterocycles. The van der Waals surface area contributed by atoms with Crippen LogP contribution in [0, 0.1) is 13.8 Å². The molecule has 1 saturated heterocycles. The standard InChI is InChI=1S/C29H37N5O3/c1-19-17-26-24(27(20(2)28(35)32-26)34(30-3)22-12-15-37-16-13-22)18-23(19)29(36)31-25(11-14-33(4)5)21-9-7-6-8-10-21/h6-10,17-18,22,25H,3,11-16H2,1-2,4-5H3,(H,31,36)(H,32,35). The van der Waals surface area contributed by atoms with Crippen LogP contribution in [0.25, 0.3) is 10.9 Å². The minimum atomic E-state index is -0.173. The van der Waals surface area contributed by atoms with Gasteiger partial charge in [0.1, 0.15) is 0 Å². The molecule has 0 bridgehead atoms. The number of anilines is 1. The average Bonchev–Trinajstić information content (AvgIpc) is 2.90. The van der Waals surface area contributed by atoms with E-state index < -0.39 is 0 Å². The van der Waals surface area contributed by atoms with Crippen LogP contribution in [-0.2, 0) is 4.74 Å². The smallest absolute Gasteiger partial charge is 0.253 e. The molecule has 2 aromatic carbocycles. The minimum Gasteiger partial charge on any atom is -0.381 e. The quantitative estimate of drug-likeness (QED) is 0.338. The first-order valence-corrected chi connectivity index (χ1v) is 12.8. The van der Waals surface area contributed by atoms with E-state index in [0.717, 1.165) is 42.3 Å². The van der Waals surface area contributed by atoms with Gasteiger partial charge >= 0.3 is 0 Å². The first kappa shape index (κ1) is 26.6. The molecule has 0 spiro atoms. The number of ether oxygens (including phenoxy) is 1. The molecule has 1 aliphatic rings. The fourth-order valence-electron chi connectivity index (χ4n) is 5.00. The van der Waals surface area contributed by atoms with Gasteiger partial charge in [0.05, 0.1) is 23.3 Å². The van der Waals surface area contributed by atoms with Crippen LogP contribution in [0.1, 0.15) is 52.4 Å². The summed E-state index contributed by atoms with van der Waals surface area (Å²) >= 11 is 0. The van der Waals surface area contributed by atoms with E-state index in [4.69, 9.17) is 4.74 Å². The number of nitrogens with one attached hydrogen (secondary N) is 2. The monoisotopic (exact) mass is 503 g/mol. The SMILES string of the molecule is C=NN(c1c(C)c(=O)[nH]c2cc(C)c(C(=O)NC(CCN(C)C)c3ccccc3)cc12)C1CCOCC1. The van der Waals surface area contributed by atoms with E-state index in [0.29, 0.717) is 35.5 Å². The molecule has 0 radical (unpaired) electrons. The van der Waals surface area contributed by atoms with E-state index >= 15 is 0 Å². The Bertz CT molecular complexity index is 1310. The summed E-state index contributed by atoms with van der Waals surface area (Å²) in [5.74, 6) is -0.147. The van der Waals surface area contributed by atoms with Crippen LogP contribution < -0.4 is 15.9 Å². The zero-order chi connectivity index (χ0) is 26.5. The van der Waals surface area contributed by atoms with Crippen LogP contribution in [0.2, 0.25) is 0 Å². The fourth-order valence-corrected chi connectivity index (χ4v) is 5.00. The number of hydrogen-bond donors (Lipinski definition) is 2. The Hall–Kier alpha value is -3.49. The van der Waals surface area contributed by atoms with Crippen LogP contribution in [0.3, 0.4) is 0 Å². The van der Waals surface area contributed by atoms with Gasteiger partial charge in [0.2, 0.25) is 0 Å². The number of hydrogen-bond acceptors (Lipinski definition) is 6. The van der Waals surface area contributed by atoms with Crippen LogP contribution in [0.4, 0.5) is 5.69 Å². The van der Waals surface area contributed by atoms with Gasteiger partial charge in [-0.3, -0.25) is 14.6 Å². The maximum Gasteiger partial charge on any atom is 0.253 e. The van der Waals surface area contributed by atoms with Gasteiger partial charge in [-0.05, 0) is 77.0 Å². The number of aryl methyl sites for hydroxylation is 1. The molecule has 196 valence electrons. The minimum absolute atomic E-state index is 0.0713. The zero-order valence-corrected chi connectivity index (χ0v) is 22.2. The summed E-state index contributed by atoms with van der Waals surface area (Å²) in [4.78, 5) is 31.6. The summed E-state index contributed by atoms with van der Waals surface area (Å²) in [6.07, 6.45) is 2.36. The molecule has 0 aliphatic carbocycles. The average molecular weight is 504 g/mol. The highest BCUT2D eigenvalue weighted by atomic mass is 16.5. The summed E-state index contributed by atoms with van der Waals surface area (Å²) in [5, 5.41) is 10.2. The number of H-pyrrole nitrogens is 1. The molecular formula is C29H37N5O3. The van der Waals surface area contributed by atoms with E-state index in [2.05, 4.69) is 27.0 Å². The number of carbonyl (C=O) groups excluding carboxylic acids is 1. The van der Waals surface area contributed by atoms with Crippen molar-refractivity contribution < 1.29 is 9.53 Å². The van der Waals surface area contributed by atoms with Crippen molar-refractivity contribution in [3.8, 4) is 0 Å². The molecule has 37 heavy (non-hydrogen) atoms. The molecule has 2 N–H and O–H groups in total. The fraction of sp³-hybridized carbons (Fsp3) is 0.414. The Balaban J connectivity index is 1.76. The Labute approximate surface area is 218 Å². The van der Waals surface area contributed by atoms with Gasteiger partial charge in [-0.25, -0.2) is 0 Å². The lowest BCUT2D eigenvalue weighted by atomic mass is 9.98. The molecule has 1 fully saturated rings. The van der Waals surface area contributed by atoms with Crippen LogP contribution >= 0.6 is 0 Å². The Kier molecular flexibility index (Phi) is 8.41. The number of nitrogens with zero attached hydrogens (tertiary/aromatic N) is 3.